The van der Waals surface area contributed by atoms with Gasteiger partial charge in [0.15, 0.2) is 0 Å². The lowest BCUT2D eigenvalue weighted by Gasteiger charge is -2.00. The number of aromatic hydroxyl groups is 1. The molecule has 4 heteroatoms. The number of aryl methyl sites for hydroxylation is 1. The minimum Gasteiger partial charge on any atom is -0.506 e. The molecule has 64 valence electrons. The van der Waals surface area contributed by atoms with Crippen molar-refractivity contribution < 1.29 is 14.6 Å². The average molecular weight is 167 g/mol. The van der Waals surface area contributed by atoms with Gasteiger partial charge in [-0.05, 0) is 19.1 Å². The predicted molar refractivity (Wildman–Crippen MR) is 42.0 cm³/mol. The van der Waals surface area contributed by atoms with Crippen LogP contribution in [0.4, 0.5) is 0 Å². The molecular formula is C8H9NO3. The second kappa shape index (κ2) is 3.21. The highest BCUT2D eigenvalue weighted by molar-refractivity contribution is 5.87. The molecule has 1 aromatic rings. The van der Waals surface area contributed by atoms with Gasteiger partial charge >= 0.3 is 5.97 Å². The summed E-state index contributed by atoms with van der Waals surface area (Å²) < 4.78 is 4.45. The van der Waals surface area contributed by atoms with E-state index in [1.165, 1.54) is 19.2 Å². The number of hydrogen-bond acceptors (Lipinski definition) is 4. The van der Waals surface area contributed by atoms with E-state index in [0.29, 0.717) is 5.69 Å². The lowest BCUT2D eigenvalue weighted by molar-refractivity contribution is 0.0593. The Morgan fingerprint density at radius 2 is 2.25 bits per heavy atom. The Kier molecular flexibility index (Phi) is 2.28. The van der Waals surface area contributed by atoms with Crippen LogP contribution in [0.2, 0.25) is 0 Å². The molecule has 0 unspecified atom stereocenters. The minimum absolute atomic E-state index is 0.0719. The minimum atomic E-state index is -0.502. The summed E-state index contributed by atoms with van der Waals surface area (Å²) in [5.74, 6) is -0.430. The largest absolute Gasteiger partial charge is 0.506 e. The predicted octanol–water partition coefficient (Wildman–Crippen LogP) is 0.882. The second-order valence-corrected chi connectivity index (χ2v) is 2.29. The number of nitrogens with zero attached hydrogens (tertiary/aromatic N) is 1. The van der Waals surface area contributed by atoms with Crippen molar-refractivity contribution in [3.63, 3.8) is 0 Å². The highest BCUT2D eigenvalue weighted by Gasteiger charge is 2.07. The van der Waals surface area contributed by atoms with E-state index in [2.05, 4.69) is 9.72 Å². The Labute approximate surface area is 69.8 Å². The van der Waals surface area contributed by atoms with Crippen molar-refractivity contribution in [1.29, 1.82) is 0 Å². The molecule has 1 rings (SSSR count). The molecule has 1 N–H and O–H groups in total. The molecule has 12 heavy (non-hydrogen) atoms. The van der Waals surface area contributed by atoms with Gasteiger partial charge in [-0.25, -0.2) is 9.78 Å². The van der Waals surface area contributed by atoms with Crippen LogP contribution in [0.25, 0.3) is 0 Å². The Bertz CT molecular complexity index is 309. The van der Waals surface area contributed by atoms with Gasteiger partial charge in [-0.15, -0.1) is 0 Å². The lowest BCUT2D eigenvalue weighted by Crippen LogP contribution is -2.04. The van der Waals surface area contributed by atoms with E-state index in [-0.39, 0.29) is 11.4 Å². The number of aromatic nitrogens is 1. The molecule has 0 radical (unpaired) electrons. The number of pyridine rings is 1. The molecule has 1 heterocycles. The fourth-order valence-corrected chi connectivity index (χ4v) is 0.772. The summed E-state index contributed by atoms with van der Waals surface area (Å²) in [6.45, 7) is 1.61. The van der Waals surface area contributed by atoms with Crippen LogP contribution in [0.15, 0.2) is 12.1 Å². The van der Waals surface area contributed by atoms with Gasteiger partial charge in [0.25, 0.3) is 0 Å². The van der Waals surface area contributed by atoms with Crippen LogP contribution < -0.4 is 0 Å². The summed E-state index contributed by atoms with van der Waals surface area (Å²) in [7, 11) is 1.28. The van der Waals surface area contributed by atoms with Crippen molar-refractivity contribution in [2.75, 3.05) is 7.11 Å². The number of ether oxygens (including phenoxy) is 1. The van der Waals surface area contributed by atoms with Crippen molar-refractivity contribution in [2.24, 2.45) is 0 Å². The molecule has 0 aromatic carbocycles. The van der Waals surface area contributed by atoms with Gasteiger partial charge in [-0.2, -0.15) is 0 Å². The van der Waals surface area contributed by atoms with Gasteiger partial charge in [-0.1, -0.05) is 0 Å². The Morgan fingerprint density at radius 3 is 2.75 bits per heavy atom. The van der Waals surface area contributed by atoms with Crippen LogP contribution in [-0.4, -0.2) is 23.2 Å². The molecule has 0 saturated heterocycles. The number of methoxy groups -OCH3 is 1. The Balaban J connectivity index is 3.05. The monoisotopic (exact) mass is 167 g/mol. The normalized spacial score (nSPS) is 9.50. The van der Waals surface area contributed by atoms with Crippen LogP contribution in [0, 0.1) is 6.92 Å². The molecule has 1 aromatic heterocycles. The summed E-state index contributed by atoms with van der Waals surface area (Å²) in [6.07, 6.45) is 0. The fraction of sp³-hybridized carbons (Fsp3) is 0.250. The molecule has 0 saturated carbocycles. The van der Waals surface area contributed by atoms with E-state index >= 15 is 0 Å². The number of carbonyl (C=O) groups is 1. The smallest absolute Gasteiger partial charge is 0.356 e. The Hall–Kier alpha value is -1.58. The van der Waals surface area contributed by atoms with Crippen LogP contribution in [0.1, 0.15) is 16.2 Å². The third kappa shape index (κ3) is 1.53. The zero-order valence-electron chi connectivity index (χ0n) is 6.87. The van der Waals surface area contributed by atoms with Gasteiger partial charge in [0.2, 0.25) is 0 Å². The second-order valence-electron chi connectivity index (χ2n) is 2.29. The summed E-state index contributed by atoms with van der Waals surface area (Å²) in [4.78, 5) is 14.7. The van der Waals surface area contributed by atoms with Gasteiger partial charge < -0.3 is 9.84 Å². The molecule has 0 aliphatic carbocycles. The first-order valence-corrected chi connectivity index (χ1v) is 3.40. The summed E-state index contributed by atoms with van der Waals surface area (Å²) >= 11 is 0. The first kappa shape index (κ1) is 8.52. The molecule has 0 aliphatic heterocycles. The maximum Gasteiger partial charge on any atom is 0.356 e. The van der Waals surface area contributed by atoms with Crippen molar-refractivity contribution in [3.8, 4) is 5.75 Å². The van der Waals surface area contributed by atoms with Gasteiger partial charge in [0, 0.05) is 0 Å². The number of rotatable bonds is 1. The van der Waals surface area contributed by atoms with Crippen molar-refractivity contribution in [1.82, 2.24) is 4.98 Å². The number of hydrogen-bond donors (Lipinski definition) is 1. The van der Waals surface area contributed by atoms with Gasteiger partial charge in [0.05, 0.1) is 12.8 Å². The third-order valence-corrected chi connectivity index (χ3v) is 1.45. The summed E-state index contributed by atoms with van der Waals surface area (Å²) in [6, 6.07) is 2.82. The van der Waals surface area contributed by atoms with Crippen LogP contribution in [0.3, 0.4) is 0 Å². The maximum absolute atomic E-state index is 10.9. The summed E-state index contributed by atoms with van der Waals surface area (Å²) in [5, 5.41) is 9.08. The van der Waals surface area contributed by atoms with Gasteiger partial charge in [0.1, 0.15) is 11.4 Å². The topological polar surface area (TPSA) is 59.4 Å². The molecule has 4 nitrogen and oxygen atoms in total. The fourth-order valence-electron chi connectivity index (χ4n) is 0.772. The lowest BCUT2D eigenvalue weighted by atomic mass is 10.3. The molecule has 0 atom stereocenters. The van der Waals surface area contributed by atoms with Crippen molar-refractivity contribution >= 4 is 5.97 Å². The highest BCUT2D eigenvalue weighted by Crippen LogP contribution is 2.13. The molecule has 0 aliphatic rings. The van der Waals surface area contributed by atoms with Crippen molar-refractivity contribution in [2.45, 2.75) is 6.92 Å². The van der Waals surface area contributed by atoms with E-state index in [4.69, 9.17) is 5.11 Å². The van der Waals surface area contributed by atoms with Crippen LogP contribution >= 0.6 is 0 Å². The number of esters is 1. The first-order chi connectivity index (χ1) is 5.65. The average Bonchev–Trinajstić information content (AvgIpc) is 2.08. The molecule has 0 spiro atoms. The van der Waals surface area contributed by atoms with E-state index in [9.17, 15) is 4.79 Å². The van der Waals surface area contributed by atoms with Gasteiger partial charge in [-0.3, -0.25) is 0 Å². The first-order valence-electron chi connectivity index (χ1n) is 3.40. The summed E-state index contributed by atoms with van der Waals surface area (Å²) in [5.41, 5.74) is 0.616. The molecule has 0 fully saturated rings. The quantitative estimate of drug-likeness (QED) is 0.631. The third-order valence-electron chi connectivity index (χ3n) is 1.45. The zero-order valence-corrected chi connectivity index (χ0v) is 6.87. The number of carbonyl (C=O) groups excluding carboxylic acids is 1. The molecule has 0 amide bonds. The van der Waals surface area contributed by atoms with E-state index in [1.54, 1.807) is 6.92 Å². The highest BCUT2D eigenvalue weighted by atomic mass is 16.5. The molecule has 0 bridgehead atoms. The maximum atomic E-state index is 10.9. The Morgan fingerprint density at radius 1 is 1.58 bits per heavy atom. The van der Waals surface area contributed by atoms with E-state index < -0.39 is 5.97 Å². The van der Waals surface area contributed by atoms with Crippen LogP contribution in [-0.2, 0) is 4.74 Å². The van der Waals surface area contributed by atoms with Crippen molar-refractivity contribution in [3.05, 3.63) is 23.5 Å². The molecular weight excluding hydrogens is 158 g/mol. The standard InChI is InChI=1S/C8H9NO3/c1-5-7(10)4-3-6(9-5)8(11)12-2/h3-4,10H,1-2H3. The van der Waals surface area contributed by atoms with E-state index in [1.807, 2.05) is 0 Å². The van der Waals surface area contributed by atoms with Crippen LogP contribution in [0.5, 0.6) is 5.75 Å². The zero-order chi connectivity index (χ0) is 9.14. The van der Waals surface area contributed by atoms with E-state index in [0.717, 1.165) is 0 Å². The SMILES string of the molecule is COC(=O)c1ccc(O)c(C)n1.